The lowest BCUT2D eigenvalue weighted by Crippen LogP contribution is -2.36. The zero-order chi connectivity index (χ0) is 22.0. The number of methoxy groups -OCH3 is 1. The predicted molar refractivity (Wildman–Crippen MR) is 117 cm³/mol. The molecule has 9 nitrogen and oxygen atoms in total. The fourth-order valence-electron chi connectivity index (χ4n) is 3.42. The molecule has 0 fully saturated rings. The largest absolute Gasteiger partial charge is 0.497 e. The first-order valence-corrected chi connectivity index (χ1v) is 9.65. The molecule has 4 N–H and O–H groups in total. The maximum absolute atomic E-state index is 12.9. The Hall–Kier alpha value is -4.14. The van der Waals surface area contributed by atoms with E-state index < -0.39 is 17.4 Å². The molecule has 1 aromatic heterocycles. The number of aryl methyl sites for hydroxylation is 1. The average molecular weight is 419 g/mol. The van der Waals surface area contributed by atoms with E-state index in [0.29, 0.717) is 17.1 Å². The molecule has 0 unspecified atom stereocenters. The fourth-order valence-corrected chi connectivity index (χ4v) is 3.42. The Morgan fingerprint density at radius 3 is 2.61 bits per heavy atom. The summed E-state index contributed by atoms with van der Waals surface area (Å²) in [6.07, 6.45) is -0.138. The monoisotopic (exact) mass is 419 g/mol. The lowest BCUT2D eigenvalue weighted by Gasteiger charge is -2.23. The second-order valence-corrected chi connectivity index (χ2v) is 7.19. The van der Waals surface area contributed by atoms with E-state index in [1.165, 1.54) is 0 Å². The van der Waals surface area contributed by atoms with E-state index in [1.54, 1.807) is 37.4 Å². The Balaban J connectivity index is 1.61. The number of benzene rings is 2. The van der Waals surface area contributed by atoms with Gasteiger partial charge in [0, 0.05) is 17.8 Å². The van der Waals surface area contributed by atoms with E-state index in [-0.39, 0.29) is 29.7 Å². The summed E-state index contributed by atoms with van der Waals surface area (Å²) in [6, 6.07) is 14.3. The van der Waals surface area contributed by atoms with Crippen molar-refractivity contribution in [1.29, 1.82) is 0 Å². The summed E-state index contributed by atoms with van der Waals surface area (Å²) in [5, 5.41) is 8.35. The van der Waals surface area contributed by atoms with Crippen LogP contribution in [0.5, 0.6) is 5.75 Å². The second kappa shape index (κ2) is 8.31. The molecular weight excluding hydrogens is 398 g/mol. The van der Waals surface area contributed by atoms with Gasteiger partial charge in [-0.3, -0.25) is 19.4 Å². The minimum atomic E-state index is -0.949. The molecule has 1 aliphatic rings. The van der Waals surface area contributed by atoms with Crippen LogP contribution in [0.2, 0.25) is 0 Å². The zero-order valence-electron chi connectivity index (χ0n) is 17.0. The van der Waals surface area contributed by atoms with E-state index in [4.69, 9.17) is 4.74 Å². The van der Waals surface area contributed by atoms with Crippen LogP contribution in [-0.4, -0.2) is 28.9 Å². The lowest BCUT2D eigenvalue weighted by atomic mass is 9.92. The second-order valence-electron chi connectivity index (χ2n) is 7.19. The molecule has 0 bridgehead atoms. The number of carbonyl (C=O) groups is 2. The summed E-state index contributed by atoms with van der Waals surface area (Å²) in [6.45, 7) is 1.91. The number of hydrogen-bond acceptors (Lipinski definition) is 6. The van der Waals surface area contributed by atoms with E-state index >= 15 is 0 Å². The van der Waals surface area contributed by atoms with Crippen molar-refractivity contribution in [2.45, 2.75) is 19.3 Å². The number of aromatic amines is 1. The van der Waals surface area contributed by atoms with Crippen molar-refractivity contribution in [3.63, 3.8) is 0 Å². The highest BCUT2D eigenvalue weighted by Gasteiger charge is 2.34. The average Bonchev–Trinajstić information content (AvgIpc) is 2.73. The van der Waals surface area contributed by atoms with Gasteiger partial charge in [-0.05, 0) is 48.9 Å². The summed E-state index contributed by atoms with van der Waals surface area (Å²) in [5.41, 5.74) is 1.88. The molecule has 3 aromatic rings. The standard InChI is InChI=1S/C22H21N5O4/c1-12-4-3-5-14(10-12)23-20(29)16-11-17(28)25-19-18(16)21(30)27-22(26-19)24-13-6-8-15(31-2)9-7-13/h3-10,16H,11H2,1-2H3,(H,23,29)(H3,24,25,26,27,28,30)/t16-/m0/s1. The molecule has 0 spiro atoms. The van der Waals surface area contributed by atoms with Crippen LogP contribution < -0.4 is 26.2 Å². The van der Waals surface area contributed by atoms with Gasteiger partial charge in [-0.2, -0.15) is 4.98 Å². The molecule has 0 radical (unpaired) electrons. The van der Waals surface area contributed by atoms with Crippen LogP contribution in [0, 0.1) is 6.92 Å². The molecule has 2 heterocycles. The highest BCUT2D eigenvalue weighted by atomic mass is 16.5. The molecule has 2 aromatic carbocycles. The van der Waals surface area contributed by atoms with Gasteiger partial charge in [0.2, 0.25) is 17.8 Å². The minimum Gasteiger partial charge on any atom is -0.497 e. The van der Waals surface area contributed by atoms with Crippen LogP contribution in [0.1, 0.15) is 23.5 Å². The summed E-state index contributed by atoms with van der Waals surface area (Å²) in [5.74, 6) is -0.868. The number of rotatable bonds is 5. The molecule has 1 aliphatic heterocycles. The van der Waals surface area contributed by atoms with E-state index in [0.717, 1.165) is 5.56 Å². The maximum Gasteiger partial charge on any atom is 0.258 e. The van der Waals surface area contributed by atoms with Crippen molar-refractivity contribution in [3.05, 3.63) is 70.0 Å². The third kappa shape index (κ3) is 4.40. The van der Waals surface area contributed by atoms with Crippen LogP contribution in [0.15, 0.2) is 53.3 Å². The van der Waals surface area contributed by atoms with Gasteiger partial charge in [0.15, 0.2) is 0 Å². The molecule has 31 heavy (non-hydrogen) atoms. The van der Waals surface area contributed by atoms with Gasteiger partial charge in [0.1, 0.15) is 11.6 Å². The number of aromatic nitrogens is 2. The Morgan fingerprint density at radius 2 is 1.90 bits per heavy atom. The summed E-state index contributed by atoms with van der Waals surface area (Å²) < 4.78 is 5.12. The number of anilines is 4. The normalized spacial score (nSPS) is 14.9. The van der Waals surface area contributed by atoms with E-state index in [1.807, 2.05) is 25.1 Å². The number of nitrogens with one attached hydrogen (secondary N) is 4. The number of H-pyrrole nitrogens is 1. The van der Waals surface area contributed by atoms with Crippen molar-refractivity contribution in [2.75, 3.05) is 23.1 Å². The van der Waals surface area contributed by atoms with E-state index in [2.05, 4.69) is 25.9 Å². The molecule has 158 valence electrons. The minimum absolute atomic E-state index is 0.0698. The molecule has 0 aliphatic carbocycles. The summed E-state index contributed by atoms with van der Waals surface area (Å²) in [4.78, 5) is 44.9. The number of carbonyl (C=O) groups excluding carboxylic acids is 2. The molecule has 2 amide bonds. The van der Waals surface area contributed by atoms with Crippen LogP contribution >= 0.6 is 0 Å². The number of amides is 2. The quantitative estimate of drug-likeness (QED) is 0.504. The molecule has 0 saturated carbocycles. The Kier molecular flexibility index (Phi) is 5.40. The van der Waals surface area contributed by atoms with Crippen LogP contribution in [0.4, 0.5) is 23.1 Å². The molecular formula is C22H21N5O4. The van der Waals surface area contributed by atoms with Crippen molar-refractivity contribution in [2.24, 2.45) is 0 Å². The fraction of sp³-hybridized carbons (Fsp3) is 0.182. The number of ether oxygens (including phenoxy) is 1. The van der Waals surface area contributed by atoms with Gasteiger partial charge in [0.05, 0.1) is 18.6 Å². The summed E-state index contributed by atoms with van der Waals surface area (Å²) >= 11 is 0. The van der Waals surface area contributed by atoms with Gasteiger partial charge in [-0.25, -0.2) is 0 Å². The predicted octanol–water partition coefficient (Wildman–Crippen LogP) is 2.90. The first-order valence-electron chi connectivity index (χ1n) is 9.65. The van der Waals surface area contributed by atoms with Crippen LogP contribution in [0.3, 0.4) is 0 Å². The maximum atomic E-state index is 12.9. The third-order valence-electron chi connectivity index (χ3n) is 4.91. The molecule has 9 heteroatoms. The van der Waals surface area contributed by atoms with Gasteiger partial charge in [-0.15, -0.1) is 0 Å². The molecule has 1 atom stereocenters. The number of fused-ring (bicyclic) bond motifs is 1. The Morgan fingerprint density at radius 1 is 1.13 bits per heavy atom. The van der Waals surface area contributed by atoms with Gasteiger partial charge in [-0.1, -0.05) is 12.1 Å². The van der Waals surface area contributed by atoms with E-state index in [9.17, 15) is 14.4 Å². The number of nitrogens with zero attached hydrogens (tertiary/aromatic N) is 1. The molecule has 0 saturated heterocycles. The first kappa shape index (κ1) is 20.1. The van der Waals surface area contributed by atoms with Gasteiger partial charge in [0.25, 0.3) is 5.56 Å². The Bertz CT molecular complexity index is 1200. The lowest BCUT2D eigenvalue weighted by molar-refractivity contribution is -0.123. The summed E-state index contributed by atoms with van der Waals surface area (Å²) in [7, 11) is 1.57. The van der Waals surface area contributed by atoms with Crippen LogP contribution in [0.25, 0.3) is 0 Å². The number of hydrogen-bond donors (Lipinski definition) is 4. The molecule has 4 rings (SSSR count). The van der Waals surface area contributed by atoms with Crippen molar-refractivity contribution in [1.82, 2.24) is 9.97 Å². The smallest absolute Gasteiger partial charge is 0.258 e. The van der Waals surface area contributed by atoms with Gasteiger partial charge >= 0.3 is 0 Å². The SMILES string of the molecule is COc1ccc(Nc2nc3c(c(=O)[nH]2)[C@@H](C(=O)Nc2cccc(C)c2)CC(=O)N3)cc1. The van der Waals surface area contributed by atoms with Gasteiger partial charge < -0.3 is 20.7 Å². The third-order valence-corrected chi connectivity index (χ3v) is 4.91. The first-order chi connectivity index (χ1) is 14.9. The van der Waals surface area contributed by atoms with Crippen LogP contribution in [-0.2, 0) is 9.59 Å². The zero-order valence-corrected chi connectivity index (χ0v) is 17.0. The van der Waals surface area contributed by atoms with Crippen molar-refractivity contribution >= 4 is 35.0 Å². The van der Waals surface area contributed by atoms with Crippen molar-refractivity contribution in [3.8, 4) is 5.75 Å². The highest BCUT2D eigenvalue weighted by molar-refractivity contribution is 6.04. The van der Waals surface area contributed by atoms with Crippen molar-refractivity contribution < 1.29 is 14.3 Å². The Labute approximate surface area is 177 Å². The topological polar surface area (TPSA) is 125 Å². The highest BCUT2D eigenvalue weighted by Crippen LogP contribution is 2.30.